The molecule has 2 aliphatic rings. The molecule has 12 heavy (non-hydrogen) atoms. The van der Waals surface area contributed by atoms with Crippen LogP contribution < -0.4 is 0 Å². The van der Waals surface area contributed by atoms with Crippen molar-refractivity contribution in [3.05, 3.63) is 12.2 Å². The zero-order valence-corrected chi connectivity index (χ0v) is 7.07. The maximum Gasteiger partial charge on any atom is 0.134 e. The molecule has 2 aliphatic carbocycles. The number of carbonyl (C=O) groups is 2. The maximum atomic E-state index is 11.2. The van der Waals surface area contributed by atoms with Gasteiger partial charge >= 0.3 is 0 Å². The normalized spacial score (nSPS) is 43.4. The quantitative estimate of drug-likeness (QED) is 0.454. The van der Waals surface area contributed by atoms with Crippen LogP contribution in [0.1, 0.15) is 13.3 Å². The Labute approximate surface area is 71.6 Å². The Kier molecular flexibility index (Phi) is 1.63. The highest BCUT2D eigenvalue weighted by atomic mass is 16.1. The predicted octanol–water partition coefficient (Wildman–Crippen LogP) is 1.21. The summed E-state index contributed by atoms with van der Waals surface area (Å²) in [6, 6.07) is 0. The van der Waals surface area contributed by atoms with E-state index in [1.807, 2.05) is 0 Å². The van der Waals surface area contributed by atoms with Gasteiger partial charge in [0.05, 0.1) is 0 Å². The molecule has 64 valence electrons. The van der Waals surface area contributed by atoms with Gasteiger partial charge in [0.25, 0.3) is 0 Å². The molecule has 0 amide bonds. The number of hydrogen-bond donors (Lipinski definition) is 0. The Hall–Kier alpha value is -0.920. The van der Waals surface area contributed by atoms with Crippen LogP contribution in [-0.2, 0) is 9.59 Å². The number of ketones is 1. The molecule has 0 aromatic rings. The van der Waals surface area contributed by atoms with Crippen LogP contribution in [0.15, 0.2) is 12.2 Å². The van der Waals surface area contributed by atoms with Crippen LogP contribution in [0, 0.1) is 23.7 Å². The van der Waals surface area contributed by atoms with Gasteiger partial charge in [-0.25, -0.2) is 0 Å². The number of hydrogen-bond acceptors (Lipinski definition) is 2. The molecule has 2 heteroatoms. The van der Waals surface area contributed by atoms with Crippen molar-refractivity contribution in [3.63, 3.8) is 0 Å². The zero-order valence-electron chi connectivity index (χ0n) is 7.07. The fraction of sp³-hybridized carbons (Fsp3) is 0.600. The minimum absolute atomic E-state index is 0.0162. The molecular formula is C10H12O2. The maximum absolute atomic E-state index is 11.2. The first-order chi connectivity index (χ1) is 5.74. The third-order valence-electron chi connectivity index (χ3n) is 3.15. The Morgan fingerprint density at radius 1 is 1.42 bits per heavy atom. The number of aldehydes is 1. The monoisotopic (exact) mass is 164 g/mol. The van der Waals surface area contributed by atoms with Gasteiger partial charge in [0, 0.05) is 11.8 Å². The summed E-state index contributed by atoms with van der Waals surface area (Å²) in [4.78, 5) is 21.9. The van der Waals surface area contributed by atoms with Gasteiger partial charge in [0.1, 0.15) is 12.1 Å². The summed E-state index contributed by atoms with van der Waals surface area (Å²) in [5, 5.41) is 0. The van der Waals surface area contributed by atoms with Crippen molar-refractivity contribution in [2.75, 3.05) is 0 Å². The van der Waals surface area contributed by atoms with Crippen molar-refractivity contribution in [2.24, 2.45) is 23.7 Å². The number of Topliss-reactive ketones (excluding diaryl/α,β-unsaturated/α-hetero) is 1. The van der Waals surface area contributed by atoms with E-state index < -0.39 is 0 Å². The minimum atomic E-state index is -0.0301. The van der Waals surface area contributed by atoms with Crippen LogP contribution in [0.5, 0.6) is 0 Å². The molecule has 2 rings (SSSR count). The molecule has 0 spiro atoms. The first-order valence-corrected chi connectivity index (χ1v) is 4.38. The van der Waals surface area contributed by atoms with E-state index in [0.29, 0.717) is 11.8 Å². The number of rotatable bonds is 2. The summed E-state index contributed by atoms with van der Waals surface area (Å²) in [5.41, 5.74) is 0. The van der Waals surface area contributed by atoms with Crippen molar-refractivity contribution in [3.8, 4) is 0 Å². The third kappa shape index (κ3) is 0.872. The molecule has 1 saturated carbocycles. The van der Waals surface area contributed by atoms with Crippen LogP contribution in [-0.4, -0.2) is 12.1 Å². The van der Waals surface area contributed by atoms with Crippen molar-refractivity contribution >= 4 is 12.1 Å². The Morgan fingerprint density at radius 3 is 2.58 bits per heavy atom. The average Bonchev–Trinajstić information content (AvgIpc) is 2.60. The topological polar surface area (TPSA) is 34.1 Å². The Balaban J connectivity index is 2.28. The zero-order chi connectivity index (χ0) is 8.72. The van der Waals surface area contributed by atoms with Gasteiger partial charge in [0.2, 0.25) is 0 Å². The summed E-state index contributed by atoms with van der Waals surface area (Å²) in [6.07, 6.45) is 6.15. The highest BCUT2D eigenvalue weighted by molar-refractivity contribution is 5.83. The van der Waals surface area contributed by atoms with Gasteiger partial charge in [-0.15, -0.1) is 0 Å². The molecule has 4 atom stereocenters. The number of allylic oxidation sites excluding steroid dienone is 2. The van der Waals surface area contributed by atoms with Crippen LogP contribution >= 0.6 is 0 Å². The lowest BCUT2D eigenvalue weighted by atomic mass is 9.82. The second-order valence-electron chi connectivity index (χ2n) is 3.80. The third-order valence-corrected chi connectivity index (χ3v) is 3.15. The molecule has 1 fully saturated rings. The smallest absolute Gasteiger partial charge is 0.134 e. The van der Waals surface area contributed by atoms with E-state index >= 15 is 0 Å². The Morgan fingerprint density at radius 2 is 2.08 bits per heavy atom. The fourth-order valence-corrected chi connectivity index (χ4v) is 2.62. The molecule has 2 bridgehead atoms. The summed E-state index contributed by atoms with van der Waals surface area (Å²) in [7, 11) is 0. The van der Waals surface area contributed by atoms with E-state index in [-0.39, 0.29) is 17.6 Å². The summed E-state index contributed by atoms with van der Waals surface area (Å²) < 4.78 is 0. The highest BCUT2D eigenvalue weighted by Crippen LogP contribution is 2.47. The number of fused-ring (bicyclic) bond motifs is 2. The van der Waals surface area contributed by atoms with Gasteiger partial charge in [-0.2, -0.15) is 0 Å². The van der Waals surface area contributed by atoms with E-state index in [4.69, 9.17) is 0 Å². The van der Waals surface area contributed by atoms with E-state index in [2.05, 4.69) is 12.2 Å². The van der Waals surface area contributed by atoms with Crippen LogP contribution in [0.4, 0.5) is 0 Å². The SMILES string of the molecule is CC(=O)[C@H]1[C@H](C=O)[C@@H]2C=C[C@H]1C2. The van der Waals surface area contributed by atoms with Gasteiger partial charge in [0.15, 0.2) is 0 Å². The molecule has 0 aromatic heterocycles. The van der Waals surface area contributed by atoms with E-state index in [1.165, 1.54) is 0 Å². The lowest BCUT2D eigenvalue weighted by Crippen LogP contribution is -2.26. The molecule has 0 aliphatic heterocycles. The first kappa shape index (κ1) is 7.71. The molecule has 0 unspecified atom stereocenters. The molecule has 0 heterocycles. The first-order valence-electron chi connectivity index (χ1n) is 4.38. The van der Waals surface area contributed by atoms with Gasteiger partial charge in [-0.3, -0.25) is 4.79 Å². The van der Waals surface area contributed by atoms with Gasteiger partial charge in [-0.1, -0.05) is 12.2 Å². The van der Waals surface area contributed by atoms with E-state index in [1.54, 1.807) is 6.92 Å². The van der Waals surface area contributed by atoms with Crippen molar-refractivity contribution < 1.29 is 9.59 Å². The summed E-state index contributed by atoms with van der Waals surface area (Å²) >= 11 is 0. The minimum Gasteiger partial charge on any atom is -0.303 e. The Bertz CT molecular complexity index is 255. The molecule has 2 nitrogen and oxygen atoms in total. The van der Waals surface area contributed by atoms with E-state index in [0.717, 1.165) is 12.7 Å². The standard InChI is InChI=1S/C10H12O2/c1-6(12)10-8-3-2-7(4-8)9(10)5-11/h2-3,5,7-10H,4H2,1H3/t7-,8+,9-,10-/m1/s1. The van der Waals surface area contributed by atoms with Crippen molar-refractivity contribution in [2.45, 2.75) is 13.3 Å². The largest absolute Gasteiger partial charge is 0.303 e. The summed E-state index contributed by atoms with van der Waals surface area (Å²) in [5.74, 6) is 0.822. The van der Waals surface area contributed by atoms with Gasteiger partial charge < -0.3 is 4.79 Å². The van der Waals surface area contributed by atoms with Crippen LogP contribution in [0.25, 0.3) is 0 Å². The highest BCUT2D eigenvalue weighted by Gasteiger charge is 2.46. The van der Waals surface area contributed by atoms with Gasteiger partial charge in [-0.05, 0) is 25.2 Å². The molecule has 0 saturated heterocycles. The van der Waals surface area contributed by atoms with Crippen molar-refractivity contribution in [1.29, 1.82) is 0 Å². The lowest BCUT2D eigenvalue weighted by molar-refractivity contribution is -0.126. The number of carbonyl (C=O) groups excluding carboxylic acids is 2. The van der Waals surface area contributed by atoms with Crippen molar-refractivity contribution in [1.82, 2.24) is 0 Å². The average molecular weight is 164 g/mol. The molecule has 0 N–H and O–H groups in total. The fourth-order valence-electron chi connectivity index (χ4n) is 2.62. The second-order valence-corrected chi connectivity index (χ2v) is 3.80. The van der Waals surface area contributed by atoms with Crippen LogP contribution in [0.3, 0.4) is 0 Å². The van der Waals surface area contributed by atoms with E-state index in [9.17, 15) is 9.59 Å². The van der Waals surface area contributed by atoms with Crippen LogP contribution in [0.2, 0.25) is 0 Å². The summed E-state index contributed by atoms with van der Waals surface area (Å²) in [6.45, 7) is 1.59. The second kappa shape index (κ2) is 2.54. The molecular weight excluding hydrogens is 152 g/mol. The molecule has 0 radical (unpaired) electrons. The molecule has 0 aromatic carbocycles. The lowest BCUT2D eigenvalue weighted by Gasteiger charge is -2.20. The predicted molar refractivity (Wildman–Crippen MR) is 44.5 cm³/mol.